The summed E-state index contributed by atoms with van der Waals surface area (Å²) in [5.41, 5.74) is 8.72. The van der Waals surface area contributed by atoms with Gasteiger partial charge in [0, 0.05) is 22.1 Å². The molecule has 180 valence electrons. The van der Waals surface area contributed by atoms with Gasteiger partial charge in [0.25, 0.3) is 17.7 Å². The molecule has 3 amide bonds. The highest BCUT2D eigenvalue weighted by atomic mass is 16.2. The van der Waals surface area contributed by atoms with Gasteiger partial charge in [-0.05, 0) is 69.9 Å². The minimum Gasteiger partial charge on any atom is -0.303 e. The standard InChI is InChI=1S/C27H19N7O3/c35-25(29-30-26(36)20-11-13-21(14-12-20)34-16-28-31-32-34)19-9-7-17(8-10-19)15-33-23-6-2-4-18-3-1-5-22(24(18)23)27(33)37/h1-14,16H,15H2,(H,29,35)(H,30,36). The molecule has 2 N–H and O–H groups in total. The maximum absolute atomic E-state index is 13.0. The Kier molecular flexibility index (Phi) is 5.38. The van der Waals surface area contributed by atoms with E-state index < -0.39 is 11.8 Å². The topological polar surface area (TPSA) is 122 Å². The van der Waals surface area contributed by atoms with Gasteiger partial charge in [0.2, 0.25) is 0 Å². The molecule has 5 aromatic rings. The van der Waals surface area contributed by atoms with Crippen molar-refractivity contribution < 1.29 is 14.4 Å². The van der Waals surface area contributed by atoms with Crippen molar-refractivity contribution >= 4 is 34.2 Å². The van der Waals surface area contributed by atoms with Gasteiger partial charge in [-0.15, -0.1) is 5.10 Å². The van der Waals surface area contributed by atoms with Crippen molar-refractivity contribution in [3.05, 3.63) is 114 Å². The molecule has 0 spiro atoms. The quantitative estimate of drug-likeness (QED) is 0.366. The predicted octanol–water partition coefficient (Wildman–Crippen LogP) is 3.05. The van der Waals surface area contributed by atoms with Crippen molar-refractivity contribution in [1.29, 1.82) is 0 Å². The third-order valence-electron chi connectivity index (χ3n) is 6.24. The van der Waals surface area contributed by atoms with Crippen LogP contribution in [0.5, 0.6) is 0 Å². The molecule has 0 radical (unpaired) electrons. The number of tetrazole rings is 1. The fraction of sp³-hybridized carbons (Fsp3) is 0.0370. The molecule has 2 heterocycles. The number of benzene rings is 4. The fourth-order valence-electron chi connectivity index (χ4n) is 4.38. The summed E-state index contributed by atoms with van der Waals surface area (Å²) in [5, 5.41) is 12.9. The summed E-state index contributed by atoms with van der Waals surface area (Å²) >= 11 is 0. The second-order valence-electron chi connectivity index (χ2n) is 8.48. The number of hydrogen-bond donors (Lipinski definition) is 2. The Morgan fingerprint density at radius 1 is 0.784 bits per heavy atom. The van der Waals surface area contributed by atoms with Gasteiger partial charge in [0.1, 0.15) is 6.33 Å². The molecule has 1 aliphatic heterocycles. The normalized spacial score (nSPS) is 12.1. The van der Waals surface area contributed by atoms with Crippen LogP contribution in [-0.4, -0.2) is 37.9 Å². The summed E-state index contributed by atoms with van der Waals surface area (Å²) in [4.78, 5) is 39.7. The van der Waals surface area contributed by atoms with Crippen LogP contribution in [0.25, 0.3) is 16.5 Å². The average Bonchev–Trinajstić information content (AvgIpc) is 3.57. The molecule has 4 aromatic carbocycles. The molecule has 10 heteroatoms. The molecular weight excluding hydrogens is 470 g/mol. The zero-order valence-corrected chi connectivity index (χ0v) is 19.3. The fourth-order valence-corrected chi connectivity index (χ4v) is 4.38. The lowest BCUT2D eigenvalue weighted by Crippen LogP contribution is -2.41. The SMILES string of the molecule is O=C(NNC(=O)c1ccc(-n2cnnn2)cc1)c1ccc(CN2C(=O)c3cccc4cccc2c34)cc1. The number of nitrogens with one attached hydrogen (secondary N) is 2. The third-order valence-corrected chi connectivity index (χ3v) is 6.24. The summed E-state index contributed by atoms with van der Waals surface area (Å²) in [6.07, 6.45) is 1.45. The van der Waals surface area contributed by atoms with E-state index in [2.05, 4.69) is 26.4 Å². The van der Waals surface area contributed by atoms with Crippen molar-refractivity contribution in [2.45, 2.75) is 6.54 Å². The van der Waals surface area contributed by atoms with E-state index in [1.807, 2.05) is 36.4 Å². The van der Waals surface area contributed by atoms with Gasteiger partial charge in [-0.25, -0.2) is 4.68 Å². The Labute approximate surface area is 210 Å². The van der Waals surface area contributed by atoms with E-state index in [9.17, 15) is 14.4 Å². The highest BCUT2D eigenvalue weighted by Crippen LogP contribution is 2.37. The van der Waals surface area contributed by atoms with E-state index >= 15 is 0 Å². The van der Waals surface area contributed by atoms with E-state index in [1.54, 1.807) is 53.4 Å². The van der Waals surface area contributed by atoms with Crippen molar-refractivity contribution in [2.24, 2.45) is 0 Å². The smallest absolute Gasteiger partial charge is 0.269 e. The first-order chi connectivity index (χ1) is 18.1. The Morgan fingerprint density at radius 2 is 1.43 bits per heavy atom. The summed E-state index contributed by atoms with van der Waals surface area (Å²) in [7, 11) is 0. The van der Waals surface area contributed by atoms with Gasteiger partial charge in [-0.2, -0.15) is 0 Å². The first kappa shape index (κ1) is 22.1. The zero-order valence-electron chi connectivity index (χ0n) is 19.3. The Morgan fingerprint density at radius 3 is 2.08 bits per heavy atom. The summed E-state index contributed by atoms with van der Waals surface area (Å²) in [6.45, 7) is 0.381. The number of rotatable bonds is 5. The molecule has 0 aliphatic carbocycles. The Bertz CT molecular complexity index is 1640. The average molecular weight is 489 g/mol. The molecule has 0 fully saturated rings. The van der Waals surface area contributed by atoms with Crippen LogP contribution in [0.2, 0.25) is 0 Å². The molecule has 0 bridgehead atoms. The number of anilines is 1. The number of amides is 3. The highest BCUT2D eigenvalue weighted by molar-refractivity contribution is 6.24. The van der Waals surface area contributed by atoms with E-state index in [4.69, 9.17) is 0 Å². The Hall–Kier alpha value is -5.38. The molecule has 6 rings (SSSR count). The lowest BCUT2D eigenvalue weighted by molar-refractivity contribution is 0.0846. The first-order valence-electron chi connectivity index (χ1n) is 11.5. The minimum atomic E-state index is -0.463. The molecule has 0 saturated carbocycles. The maximum Gasteiger partial charge on any atom is 0.269 e. The molecule has 10 nitrogen and oxygen atoms in total. The van der Waals surface area contributed by atoms with Crippen molar-refractivity contribution in [1.82, 2.24) is 31.1 Å². The van der Waals surface area contributed by atoms with Gasteiger partial charge in [-0.3, -0.25) is 25.2 Å². The first-order valence-corrected chi connectivity index (χ1v) is 11.5. The number of carbonyl (C=O) groups is 3. The van der Waals surface area contributed by atoms with E-state index in [0.717, 1.165) is 22.0 Å². The molecule has 1 aliphatic rings. The molecule has 1 aromatic heterocycles. The molecule has 0 unspecified atom stereocenters. The number of nitrogens with zero attached hydrogens (tertiary/aromatic N) is 5. The molecular formula is C27H19N7O3. The second-order valence-corrected chi connectivity index (χ2v) is 8.48. The zero-order chi connectivity index (χ0) is 25.4. The van der Waals surface area contributed by atoms with E-state index in [1.165, 1.54) is 11.0 Å². The van der Waals surface area contributed by atoms with Crippen molar-refractivity contribution in [3.63, 3.8) is 0 Å². The summed E-state index contributed by atoms with van der Waals surface area (Å²) in [6, 6.07) is 25.1. The van der Waals surface area contributed by atoms with Crippen molar-refractivity contribution in [2.75, 3.05) is 4.90 Å². The number of aromatic nitrogens is 4. The van der Waals surface area contributed by atoms with Crippen LogP contribution >= 0.6 is 0 Å². The van der Waals surface area contributed by atoms with Gasteiger partial charge < -0.3 is 4.90 Å². The molecule has 0 saturated heterocycles. The number of carbonyl (C=O) groups excluding carboxylic acids is 3. The summed E-state index contributed by atoms with van der Waals surface area (Å²) in [5.74, 6) is -0.962. The van der Waals surface area contributed by atoms with Crippen molar-refractivity contribution in [3.8, 4) is 5.69 Å². The van der Waals surface area contributed by atoms with Gasteiger partial charge in [0.05, 0.1) is 17.9 Å². The Balaban J connectivity index is 1.08. The minimum absolute atomic E-state index is 0.0395. The van der Waals surface area contributed by atoms with Gasteiger partial charge in [-0.1, -0.05) is 36.4 Å². The lowest BCUT2D eigenvalue weighted by Gasteiger charge is -2.18. The number of hydrazine groups is 1. The van der Waals surface area contributed by atoms with Crippen LogP contribution in [0.15, 0.2) is 91.3 Å². The van der Waals surface area contributed by atoms with Crippen LogP contribution in [0.3, 0.4) is 0 Å². The van der Waals surface area contributed by atoms with Gasteiger partial charge in [0.15, 0.2) is 0 Å². The largest absolute Gasteiger partial charge is 0.303 e. The number of hydrogen-bond acceptors (Lipinski definition) is 6. The van der Waals surface area contributed by atoms with Crippen LogP contribution < -0.4 is 15.8 Å². The molecule has 37 heavy (non-hydrogen) atoms. The maximum atomic E-state index is 13.0. The van der Waals surface area contributed by atoms with Gasteiger partial charge >= 0.3 is 0 Å². The predicted molar refractivity (Wildman–Crippen MR) is 135 cm³/mol. The lowest BCUT2D eigenvalue weighted by atomic mass is 10.1. The van der Waals surface area contributed by atoms with Crippen LogP contribution in [0.4, 0.5) is 5.69 Å². The molecule has 0 atom stereocenters. The van der Waals surface area contributed by atoms with Crippen LogP contribution in [-0.2, 0) is 6.54 Å². The van der Waals surface area contributed by atoms with Crippen LogP contribution in [0, 0.1) is 0 Å². The second kappa shape index (κ2) is 9.00. The summed E-state index contributed by atoms with van der Waals surface area (Å²) < 4.78 is 1.46. The van der Waals surface area contributed by atoms with E-state index in [-0.39, 0.29) is 5.91 Å². The highest BCUT2D eigenvalue weighted by Gasteiger charge is 2.29. The van der Waals surface area contributed by atoms with E-state index in [0.29, 0.717) is 28.9 Å². The third kappa shape index (κ3) is 4.06. The monoisotopic (exact) mass is 489 g/mol. The van der Waals surface area contributed by atoms with Crippen LogP contribution in [0.1, 0.15) is 36.6 Å².